The third-order valence-electron chi connectivity index (χ3n) is 6.11. The van der Waals surface area contributed by atoms with Gasteiger partial charge in [0.1, 0.15) is 11.8 Å². The zero-order valence-corrected chi connectivity index (χ0v) is 18.6. The van der Waals surface area contributed by atoms with E-state index in [0.29, 0.717) is 12.2 Å². The molecule has 1 aliphatic rings. The second-order valence-electron chi connectivity index (χ2n) is 8.59. The first-order valence-electron chi connectivity index (χ1n) is 11.0. The third kappa shape index (κ3) is 5.57. The maximum absolute atomic E-state index is 13.1. The molecule has 1 unspecified atom stereocenters. The molecule has 0 aromatic heterocycles. The molecule has 3 rings (SSSR count). The molecule has 0 radical (unpaired) electrons. The van der Waals surface area contributed by atoms with Crippen LogP contribution >= 0.6 is 0 Å². The summed E-state index contributed by atoms with van der Waals surface area (Å²) in [5.41, 5.74) is 1.69. The standard InChI is InChI=1S/C25H33N3O3/c1-18(2)22(28-24(30)27-19-11-5-4-6-12-19)23(29)26-17-25(15-9-10-16-25)20-13-7-8-14-21(20)31-3/h4-8,11-14,18,22H,9-10,15-17H2,1-3H3,(H,26,29)(H2,27,28,30). The van der Waals surface area contributed by atoms with E-state index in [-0.39, 0.29) is 23.3 Å². The fourth-order valence-electron chi connectivity index (χ4n) is 4.41. The number of methoxy groups -OCH3 is 1. The van der Waals surface area contributed by atoms with Crippen LogP contribution in [-0.4, -0.2) is 31.6 Å². The van der Waals surface area contributed by atoms with Gasteiger partial charge in [-0.25, -0.2) is 4.79 Å². The number of hydrogen-bond acceptors (Lipinski definition) is 3. The van der Waals surface area contributed by atoms with Gasteiger partial charge in [-0.1, -0.05) is 63.1 Å². The molecule has 0 spiro atoms. The van der Waals surface area contributed by atoms with Crippen molar-refractivity contribution in [2.24, 2.45) is 5.92 Å². The van der Waals surface area contributed by atoms with Crippen LogP contribution in [0.1, 0.15) is 45.1 Å². The van der Waals surface area contributed by atoms with Crippen LogP contribution in [0.25, 0.3) is 0 Å². The maximum atomic E-state index is 13.1. The predicted molar refractivity (Wildman–Crippen MR) is 123 cm³/mol. The molecule has 31 heavy (non-hydrogen) atoms. The average molecular weight is 424 g/mol. The Bertz CT molecular complexity index is 877. The van der Waals surface area contributed by atoms with Crippen molar-refractivity contribution in [3.05, 3.63) is 60.2 Å². The highest BCUT2D eigenvalue weighted by Crippen LogP contribution is 2.44. The Balaban J connectivity index is 1.67. The maximum Gasteiger partial charge on any atom is 0.319 e. The Kier molecular flexibility index (Phi) is 7.55. The smallest absolute Gasteiger partial charge is 0.319 e. The topological polar surface area (TPSA) is 79.5 Å². The summed E-state index contributed by atoms with van der Waals surface area (Å²) in [7, 11) is 1.68. The Morgan fingerprint density at radius 1 is 1.00 bits per heavy atom. The van der Waals surface area contributed by atoms with E-state index in [1.165, 1.54) is 0 Å². The second kappa shape index (κ2) is 10.3. The highest BCUT2D eigenvalue weighted by molar-refractivity contribution is 5.93. The van der Waals surface area contributed by atoms with Crippen LogP contribution in [0.4, 0.5) is 10.5 Å². The monoisotopic (exact) mass is 423 g/mol. The second-order valence-corrected chi connectivity index (χ2v) is 8.59. The molecule has 2 aromatic carbocycles. The van der Waals surface area contributed by atoms with E-state index in [4.69, 9.17) is 4.74 Å². The lowest BCUT2D eigenvalue weighted by Gasteiger charge is -2.32. The summed E-state index contributed by atoms with van der Waals surface area (Å²) in [5, 5.41) is 8.74. The van der Waals surface area contributed by atoms with E-state index in [9.17, 15) is 9.59 Å². The number of carbonyl (C=O) groups is 2. The zero-order valence-electron chi connectivity index (χ0n) is 18.6. The van der Waals surface area contributed by atoms with Crippen molar-refractivity contribution in [2.75, 3.05) is 19.0 Å². The molecule has 0 heterocycles. The van der Waals surface area contributed by atoms with Crippen molar-refractivity contribution < 1.29 is 14.3 Å². The Hall–Kier alpha value is -3.02. The molecule has 1 atom stereocenters. The molecular weight excluding hydrogens is 390 g/mol. The SMILES string of the molecule is COc1ccccc1C1(CNC(=O)C(NC(=O)Nc2ccccc2)C(C)C)CCCC1. The molecule has 1 aliphatic carbocycles. The lowest BCUT2D eigenvalue weighted by atomic mass is 9.78. The quantitative estimate of drug-likeness (QED) is 0.586. The van der Waals surface area contributed by atoms with E-state index >= 15 is 0 Å². The van der Waals surface area contributed by atoms with E-state index in [0.717, 1.165) is 37.0 Å². The van der Waals surface area contributed by atoms with Gasteiger partial charge in [0.05, 0.1) is 7.11 Å². The van der Waals surface area contributed by atoms with Gasteiger partial charge in [0.2, 0.25) is 5.91 Å². The number of benzene rings is 2. The average Bonchev–Trinajstić information content (AvgIpc) is 3.26. The molecule has 2 aromatic rings. The predicted octanol–water partition coefficient (Wildman–Crippen LogP) is 4.47. The number of rotatable bonds is 8. The van der Waals surface area contributed by atoms with Crippen LogP contribution in [0, 0.1) is 5.92 Å². The Morgan fingerprint density at radius 3 is 2.29 bits per heavy atom. The van der Waals surface area contributed by atoms with Crippen LogP contribution < -0.4 is 20.7 Å². The highest BCUT2D eigenvalue weighted by atomic mass is 16.5. The first-order chi connectivity index (χ1) is 14.9. The van der Waals surface area contributed by atoms with E-state index < -0.39 is 6.04 Å². The largest absolute Gasteiger partial charge is 0.496 e. The van der Waals surface area contributed by atoms with E-state index in [2.05, 4.69) is 22.0 Å². The number of nitrogens with one attached hydrogen (secondary N) is 3. The first-order valence-corrected chi connectivity index (χ1v) is 11.0. The summed E-state index contributed by atoms with van der Waals surface area (Å²) in [4.78, 5) is 25.5. The van der Waals surface area contributed by atoms with Crippen molar-refractivity contribution in [2.45, 2.75) is 51.0 Å². The minimum atomic E-state index is -0.625. The number of para-hydroxylation sites is 2. The molecule has 6 nitrogen and oxygen atoms in total. The summed E-state index contributed by atoms with van der Waals surface area (Å²) in [6.45, 7) is 4.38. The first kappa shape index (κ1) is 22.7. The Labute approximate surface area is 184 Å². The van der Waals surface area contributed by atoms with Crippen molar-refractivity contribution in [3.63, 3.8) is 0 Å². The minimum Gasteiger partial charge on any atom is -0.496 e. The summed E-state index contributed by atoms with van der Waals surface area (Å²) in [6.07, 6.45) is 4.25. The molecule has 166 valence electrons. The molecule has 0 bridgehead atoms. The summed E-state index contributed by atoms with van der Waals surface area (Å²) >= 11 is 0. The zero-order chi connectivity index (χ0) is 22.3. The molecule has 1 fully saturated rings. The fraction of sp³-hybridized carbons (Fsp3) is 0.440. The third-order valence-corrected chi connectivity index (χ3v) is 6.11. The van der Waals surface area contributed by atoms with E-state index in [1.807, 2.05) is 50.2 Å². The fourth-order valence-corrected chi connectivity index (χ4v) is 4.41. The van der Waals surface area contributed by atoms with Gasteiger partial charge >= 0.3 is 6.03 Å². The lowest BCUT2D eigenvalue weighted by molar-refractivity contribution is -0.124. The number of anilines is 1. The van der Waals surface area contributed by atoms with Crippen molar-refractivity contribution in [1.82, 2.24) is 10.6 Å². The summed E-state index contributed by atoms with van der Waals surface area (Å²) in [5.74, 6) is 0.645. The number of urea groups is 1. The molecule has 0 aliphatic heterocycles. The normalized spacial score (nSPS) is 15.9. The van der Waals surface area contributed by atoms with Gasteiger partial charge in [0.25, 0.3) is 0 Å². The van der Waals surface area contributed by atoms with Crippen LogP contribution in [0.5, 0.6) is 5.75 Å². The van der Waals surface area contributed by atoms with Gasteiger partial charge < -0.3 is 20.7 Å². The minimum absolute atomic E-state index is 0.0488. The van der Waals surface area contributed by atoms with Crippen molar-refractivity contribution >= 4 is 17.6 Å². The number of amides is 3. The van der Waals surface area contributed by atoms with Crippen molar-refractivity contribution in [1.29, 1.82) is 0 Å². The number of carbonyl (C=O) groups excluding carboxylic acids is 2. The van der Waals surface area contributed by atoms with Crippen LogP contribution in [0.15, 0.2) is 54.6 Å². The molecule has 6 heteroatoms. The number of ether oxygens (including phenoxy) is 1. The summed E-state index contributed by atoms with van der Waals surface area (Å²) < 4.78 is 5.61. The van der Waals surface area contributed by atoms with Gasteiger partial charge in [-0.3, -0.25) is 4.79 Å². The van der Waals surface area contributed by atoms with Gasteiger partial charge in [0, 0.05) is 23.2 Å². The van der Waals surface area contributed by atoms with Crippen molar-refractivity contribution in [3.8, 4) is 5.75 Å². The summed E-state index contributed by atoms with van der Waals surface area (Å²) in [6, 6.07) is 16.2. The van der Waals surface area contributed by atoms with Gasteiger partial charge in [0.15, 0.2) is 0 Å². The molecule has 0 saturated heterocycles. The Morgan fingerprint density at radius 2 is 1.65 bits per heavy atom. The van der Waals surface area contributed by atoms with Gasteiger partial charge in [-0.15, -0.1) is 0 Å². The number of hydrogen-bond donors (Lipinski definition) is 3. The van der Waals surface area contributed by atoms with Gasteiger partial charge in [-0.05, 0) is 37.0 Å². The molecule has 3 N–H and O–H groups in total. The molecule has 1 saturated carbocycles. The van der Waals surface area contributed by atoms with Crippen LogP contribution in [0.3, 0.4) is 0 Å². The lowest BCUT2D eigenvalue weighted by Crippen LogP contribution is -2.53. The molecular formula is C25H33N3O3. The van der Waals surface area contributed by atoms with Gasteiger partial charge in [-0.2, -0.15) is 0 Å². The van der Waals surface area contributed by atoms with Crippen LogP contribution in [-0.2, 0) is 10.2 Å². The highest BCUT2D eigenvalue weighted by Gasteiger charge is 2.38. The van der Waals surface area contributed by atoms with Crippen LogP contribution in [0.2, 0.25) is 0 Å². The van der Waals surface area contributed by atoms with E-state index in [1.54, 1.807) is 19.2 Å². The molecule has 3 amide bonds.